The molecular formula is C18H20FN5O. The Morgan fingerprint density at radius 2 is 2.16 bits per heavy atom. The number of halogens is 1. The van der Waals surface area contributed by atoms with Crippen LogP contribution in [0.1, 0.15) is 24.0 Å². The molecule has 0 fully saturated rings. The first-order valence-electron chi connectivity index (χ1n) is 8.49. The van der Waals surface area contributed by atoms with Crippen LogP contribution in [0.4, 0.5) is 4.39 Å². The first kappa shape index (κ1) is 16.0. The van der Waals surface area contributed by atoms with Crippen molar-refractivity contribution in [3.63, 3.8) is 0 Å². The molecule has 0 saturated heterocycles. The maximum Gasteiger partial charge on any atom is 0.266 e. The maximum atomic E-state index is 14.0. The molecule has 6 nitrogen and oxygen atoms in total. The first-order chi connectivity index (χ1) is 12.1. The number of nitrogens with zero attached hydrogens (tertiary/aromatic N) is 5. The molecule has 0 amide bonds. The molecular weight excluding hydrogens is 321 g/mol. The minimum atomic E-state index is -0.289. The summed E-state index contributed by atoms with van der Waals surface area (Å²) in [5.74, 6) is 0.561. The van der Waals surface area contributed by atoms with E-state index in [1.54, 1.807) is 19.2 Å². The zero-order valence-corrected chi connectivity index (χ0v) is 14.4. The molecule has 0 saturated carbocycles. The number of aromatic nitrogens is 4. The lowest BCUT2D eigenvalue weighted by atomic mass is 10.1. The third-order valence-corrected chi connectivity index (χ3v) is 4.81. The predicted molar refractivity (Wildman–Crippen MR) is 92.7 cm³/mol. The number of benzene rings is 1. The number of rotatable bonds is 3. The van der Waals surface area contributed by atoms with E-state index in [0.29, 0.717) is 18.6 Å². The summed E-state index contributed by atoms with van der Waals surface area (Å²) >= 11 is 0. The molecule has 130 valence electrons. The number of fused-ring (bicyclic) bond motifs is 2. The third-order valence-electron chi connectivity index (χ3n) is 4.81. The summed E-state index contributed by atoms with van der Waals surface area (Å²) in [6, 6.07) is 6.72. The van der Waals surface area contributed by atoms with E-state index in [-0.39, 0.29) is 11.4 Å². The highest BCUT2D eigenvalue weighted by Crippen LogP contribution is 2.22. The number of imidazole rings is 1. The van der Waals surface area contributed by atoms with Crippen molar-refractivity contribution in [1.29, 1.82) is 0 Å². The van der Waals surface area contributed by atoms with Crippen molar-refractivity contribution in [2.24, 2.45) is 7.05 Å². The average Bonchev–Trinajstić information content (AvgIpc) is 2.95. The van der Waals surface area contributed by atoms with Gasteiger partial charge in [0.2, 0.25) is 0 Å². The predicted octanol–water partition coefficient (Wildman–Crippen LogP) is 1.85. The topological polar surface area (TPSA) is 56.0 Å². The average molecular weight is 341 g/mol. The number of hydrogen-bond donors (Lipinski definition) is 0. The fourth-order valence-electron chi connectivity index (χ4n) is 3.52. The number of para-hydroxylation sites is 1. The zero-order chi connectivity index (χ0) is 17.6. The fourth-order valence-corrected chi connectivity index (χ4v) is 3.52. The molecule has 2 aromatic heterocycles. The molecule has 0 aliphatic carbocycles. The van der Waals surface area contributed by atoms with Crippen molar-refractivity contribution in [3.05, 3.63) is 57.5 Å². The minimum absolute atomic E-state index is 0.0940. The smallest absolute Gasteiger partial charge is 0.266 e. The quantitative estimate of drug-likeness (QED) is 0.730. The van der Waals surface area contributed by atoms with Gasteiger partial charge in [-0.15, -0.1) is 0 Å². The summed E-state index contributed by atoms with van der Waals surface area (Å²) in [5, 5.41) is 4.34. The van der Waals surface area contributed by atoms with Crippen molar-refractivity contribution in [1.82, 2.24) is 24.2 Å². The van der Waals surface area contributed by atoms with Gasteiger partial charge in [-0.3, -0.25) is 9.69 Å². The summed E-state index contributed by atoms with van der Waals surface area (Å²) in [4.78, 5) is 18.6. The summed E-state index contributed by atoms with van der Waals surface area (Å²) in [5.41, 5.74) is 3.11. The van der Waals surface area contributed by atoms with E-state index in [9.17, 15) is 9.18 Å². The molecule has 0 spiro atoms. The van der Waals surface area contributed by atoms with Gasteiger partial charge in [0.05, 0.1) is 17.8 Å². The second-order valence-electron chi connectivity index (χ2n) is 6.42. The minimum Gasteiger partial charge on any atom is -0.327 e. The molecule has 1 aliphatic heterocycles. The third kappa shape index (κ3) is 2.74. The van der Waals surface area contributed by atoms with Gasteiger partial charge < -0.3 is 4.57 Å². The van der Waals surface area contributed by atoms with Crippen LogP contribution in [0.15, 0.2) is 29.1 Å². The molecule has 3 heterocycles. The largest absolute Gasteiger partial charge is 0.327 e. The standard InChI is InChI=1S/C18H20FN5O/c1-3-24-15-6-4-5-13(19)18(15)20-16(24)11-23-8-7-14-12(10-23)9-17(25)22(2)21-14/h4-6,9H,3,7-8,10-11H2,1-2H3. The normalized spacial score (nSPS) is 14.8. The first-order valence-corrected chi connectivity index (χ1v) is 8.49. The van der Waals surface area contributed by atoms with Crippen molar-refractivity contribution in [2.45, 2.75) is 33.0 Å². The van der Waals surface area contributed by atoms with Crippen molar-refractivity contribution in [3.8, 4) is 0 Å². The van der Waals surface area contributed by atoms with Gasteiger partial charge in [0.25, 0.3) is 5.56 Å². The van der Waals surface area contributed by atoms with E-state index < -0.39 is 0 Å². The van der Waals surface area contributed by atoms with Crippen LogP contribution in [-0.4, -0.2) is 30.8 Å². The zero-order valence-electron chi connectivity index (χ0n) is 14.4. The van der Waals surface area contributed by atoms with E-state index in [2.05, 4.69) is 19.5 Å². The van der Waals surface area contributed by atoms with Gasteiger partial charge in [0.15, 0.2) is 5.82 Å². The van der Waals surface area contributed by atoms with E-state index in [4.69, 9.17) is 0 Å². The molecule has 0 unspecified atom stereocenters. The molecule has 1 aliphatic rings. The number of aryl methyl sites for hydroxylation is 2. The molecule has 7 heteroatoms. The van der Waals surface area contributed by atoms with E-state index in [0.717, 1.165) is 42.1 Å². The van der Waals surface area contributed by atoms with Gasteiger partial charge >= 0.3 is 0 Å². The Labute approximate surface area is 144 Å². The van der Waals surface area contributed by atoms with Crippen LogP contribution in [0.2, 0.25) is 0 Å². The lowest BCUT2D eigenvalue weighted by molar-refractivity contribution is 0.233. The van der Waals surface area contributed by atoms with Crippen molar-refractivity contribution >= 4 is 11.0 Å². The number of hydrogen-bond acceptors (Lipinski definition) is 4. The van der Waals surface area contributed by atoms with Gasteiger partial charge in [-0.2, -0.15) is 5.10 Å². The van der Waals surface area contributed by atoms with Crippen LogP contribution in [0, 0.1) is 5.82 Å². The molecule has 0 radical (unpaired) electrons. The highest BCUT2D eigenvalue weighted by atomic mass is 19.1. The summed E-state index contributed by atoms with van der Waals surface area (Å²) < 4.78 is 17.5. The molecule has 4 rings (SSSR count). The van der Waals surface area contributed by atoms with Crippen LogP contribution < -0.4 is 5.56 Å². The highest BCUT2D eigenvalue weighted by molar-refractivity contribution is 5.76. The molecule has 25 heavy (non-hydrogen) atoms. The maximum absolute atomic E-state index is 14.0. The second kappa shape index (κ2) is 6.07. The van der Waals surface area contributed by atoms with Gasteiger partial charge in [-0.05, 0) is 24.6 Å². The Hall–Kier alpha value is -2.54. The molecule has 1 aromatic carbocycles. The van der Waals surface area contributed by atoms with Crippen LogP contribution in [-0.2, 0) is 33.1 Å². The summed E-state index contributed by atoms with van der Waals surface area (Å²) in [7, 11) is 1.67. The highest BCUT2D eigenvalue weighted by Gasteiger charge is 2.21. The summed E-state index contributed by atoms with van der Waals surface area (Å²) in [6.07, 6.45) is 0.796. The Morgan fingerprint density at radius 3 is 2.96 bits per heavy atom. The van der Waals surface area contributed by atoms with Gasteiger partial charge in [0, 0.05) is 39.2 Å². The fraction of sp³-hybridized carbons (Fsp3) is 0.389. The van der Waals surface area contributed by atoms with Gasteiger partial charge in [0.1, 0.15) is 11.3 Å². The summed E-state index contributed by atoms with van der Waals surface area (Å²) in [6.45, 7) is 4.90. The Bertz CT molecular complexity index is 1010. The van der Waals surface area contributed by atoms with E-state index in [1.165, 1.54) is 10.7 Å². The Kier molecular flexibility index (Phi) is 3.88. The van der Waals surface area contributed by atoms with Crippen LogP contribution >= 0.6 is 0 Å². The van der Waals surface area contributed by atoms with E-state index in [1.807, 2.05) is 13.0 Å². The molecule has 0 bridgehead atoms. The van der Waals surface area contributed by atoms with E-state index >= 15 is 0 Å². The van der Waals surface area contributed by atoms with Crippen LogP contribution in [0.25, 0.3) is 11.0 Å². The lowest BCUT2D eigenvalue weighted by Crippen LogP contribution is -2.34. The van der Waals surface area contributed by atoms with Crippen molar-refractivity contribution < 1.29 is 4.39 Å². The van der Waals surface area contributed by atoms with Gasteiger partial charge in [-0.25, -0.2) is 14.1 Å². The van der Waals surface area contributed by atoms with Crippen LogP contribution in [0.3, 0.4) is 0 Å². The van der Waals surface area contributed by atoms with Crippen LogP contribution in [0.5, 0.6) is 0 Å². The monoisotopic (exact) mass is 341 g/mol. The second-order valence-corrected chi connectivity index (χ2v) is 6.42. The lowest BCUT2D eigenvalue weighted by Gasteiger charge is -2.27. The van der Waals surface area contributed by atoms with Gasteiger partial charge in [-0.1, -0.05) is 6.07 Å². The molecule has 3 aromatic rings. The van der Waals surface area contributed by atoms with Crippen molar-refractivity contribution in [2.75, 3.05) is 6.54 Å². The SMILES string of the molecule is CCn1c(CN2CCc3nn(C)c(=O)cc3C2)nc2c(F)cccc21. The Balaban J connectivity index is 1.65. The molecule has 0 N–H and O–H groups in total. The Morgan fingerprint density at radius 1 is 1.32 bits per heavy atom. The molecule has 0 atom stereocenters.